The van der Waals surface area contributed by atoms with Crippen molar-refractivity contribution in [2.75, 3.05) is 32.9 Å². The molecule has 2 aliphatic heterocycles. The number of nitrogens with zero attached hydrogens (tertiary/aromatic N) is 2. The van der Waals surface area contributed by atoms with E-state index in [1.807, 2.05) is 6.20 Å². The predicted octanol–water partition coefficient (Wildman–Crippen LogP) is 2.41. The SMILES string of the molecule is Cc1ccc(CN2CCC(OC[C@H]3CCOC3)CC2)nc1. The summed E-state index contributed by atoms with van der Waals surface area (Å²) < 4.78 is 11.5. The number of piperidine rings is 1. The molecule has 2 saturated heterocycles. The molecule has 1 aromatic rings. The van der Waals surface area contributed by atoms with Gasteiger partial charge in [0.2, 0.25) is 0 Å². The lowest BCUT2D eigenvalue weighted by molar-refractivity contribution is -0.0118. The van der Waals surface area contributed by atoms with Crippen molar-refractivity contribution in [3.8, 4) is 0 Å². The van der Waals surface area contributed by atoms with E-state index in [1.54, 1.807) is 0 Å². The molecular weight excluding hydrogens is 264 g/mol. The third-order valence-electron chi connectivity index (χ3n) is 4.48. The second kappa shape index (κ2) is 7.34. The number of hydrogen-bond donors (Lipinski definition) is 0. The number of likely N-dealkylation sites (tertiary alicyclic amines) is 1. The first-order valence-corrected chi connectivity index (χ1v) is 8.13. The Morgan fingerprint density at radius 1 is 1.29 bits per heavy atom. The van der Waals surface area contributed by atoms with Crippen molar-refractivity contribution < 1.29 is 9.47 Å². The van der Waals surface area contributed by atoms with Gasteiger partial charge in [0.25, 0.3) is 0 Å². The number of hydrogen-bond acceptors (Lipinski definition) is 4. The molecule has 0 N–H and O–H groups in total. The van der Waals surface area contributed by atoms with Crippen LogP contribution in [0.4, 0.5) is 0 Å². The quantitative estimate of drug-likeness (QED) is 0.834. The molecule has 0 unspecified atom stereocenters. The predicted molar refractivity (Wildman–Crippen MR) is 82.2 cm³/mol. The Balaban J connectivity index is 1.37. The van der Waals surface area contributed by atoms with E-state index in [9.17, 15) is 0 Å². The first-order chi connectivity index (χ1) is 10.3. The highest BCUT2D eigenvalue weighted by molar-refractivity contribution is 5.12. The number of aromatic nitrogens is 1. The van der Waals surface area contributed by atoms with Crippen LogP contribution in [-0.2, 0) is 16.0 Å². The average Bonchev–Trinajstić information content (AvgIpc) is 3.02. The van der Waals surface area contributed by atoms with E-state index in [4.69, 9.17) is 9.47 Å². The molecule has 1 atom stereocenters. The van der Waals surface area contributed by atoms with E-state index in [2.05, 4.69) is 28.9 Å². The van der Waals surface area contributed by atoms with Gasteiger partial charge < -0.3 is 9.47 Å². The van der Waals surface area contributed by atoms with Crippen molar-refractivity contribution in [1.82, 2.24) is 9.88 Å². The molecule has 0 aliphatic carbocycles. The molecule has 2 fully saturated rings. The third kappa shape index (κ3) is 4.50. The highest BCUT2D eigenvalue weighted by atomic mass is 16.5. The summed E-state index contributed by atoms with van der Waals surface area (Å²) in [5.74, 6) is 0.625. The second-order valence-corrected chi connectivity index (χ2v) is 6.37. The standard InChI is InChI=1S/C17H26N2O2/c1-14-2-3-16(18-10-14)11-19-7-4-17(5-8-19)21-13-15-6-9-20-12-15/h2-3,10,15,17H,4-9,11-13H2,1H3/t15-/m0/s1. The number of pyridine rings is 1. The normalized spacial score (nSPS) is 24.5. The Bertz CT molecular complexity index is 421. The number of ether oxygens (including phenoxy) is 2. The zero-order valence-corrected chi connectivity index (χ0v) is 13.0. The van der Waals surface area contributed by atoms with E-state index in [1.165, 1.54) is 11.3 Å². The molecule has 4 heteroatoms. The first-order valence-electron chi connectivity index (χ1n) is 8.13. The van der Waals surface area contributed by atoms with Gasteiger partial charge >= 0.3 is 0 Å². The smallest absolute Gasteiger partial charge is 0.0599 e. The Morgan fingerprint density at radius 2 is 2.14 bits per heavy atom. The van der Waals surface area contributed by atoms with Gasteiger partial charge in [0.1, 0.15) is 0 Å². The molecule has 0 radical (unpaired) electrons. The Kier molecular flexibility index (Phi) is 5.22. The fourth-order valence-electron chi connectivity index (χ4n) is 3.04. The molecule has 0 bridgehead atoms. The van der Waals surface area contributed by atoms with E-state index < -0.39 is 0 Å². The summed E-state index contributed by atoms with van der Waals surface area (Å²) in [6.45, 7) is 7.94. The van der Waals surface area contributed by atoms with Crippen LogP contribution >= 0.6 is 0 Å². The summed E-state index contributed by atoms with van der Waals surface area (Å²) in [5, 5.41) is 0. The van der Waals surface area contributed by atoms with Crippen LogP contribution in [0, 0.1) is 12.8 Å². The molecule has 116 valence electrons. The Morgan fingerprint density at radius 3 is 2.81 bits per heavy atom. The molecular formula is C17H26N2O2. The zero-order chi connectivity index (χ0) is 14.5. The van der Waals surface area contributed by atoms with Gasteiger partial charge in [-0.2, -0.15) is 0 Å². The van der Waals surface area contributed by atoms with Crippen molar-refractivity contribution >= 4 is 0 Å². The minimum atomic E-state index is 0.438. The van der Waals surface area contributed by atoms with Gasteiger partial charge in [0.15, 0.2) is 0 Å². The molecule has 0 amide bonds. The lowest BCUT2D eigenvalue weighted by atomic mass is 10.1. The van der Waals surface area contributed by atoms with Gasteiger partial charge in [0.05, 0.1) is 25.0 Å². The first kappa shape index (κ1) is 14.9. The van der Waals surface area contributed by atoms with Crippen LogP contribution in [0.2, 0.25) is 0 Å². The van der Waals surface area contributed by atoms with Crippen molar-refractivity contribution in [3.63, 3.8) is 0 Å². The molecule has 1 aromatic heterocycles. The molecule has 0 spiro atoms. The van der Waals surface area contributed by atoms with Crippen molar-refractivity contribution in [1.29, 1.82) is 0 Å². The summed E-state index contributed by atoms with van der Waals surface area (Å²) in [7, 11) is 0. The molecule has 2 aliphatic rings. The van der Waals surface area contributed by atoms with Crippen molar-refractivity contribution in [2.24, 2.45) is 5.92 Å². The number of rotatable bonds is 5. The van der Waals surface area contributed by atoms with Gasteiger partial charge in [-0.3, -0.25) is 9.88 Å². The number of aryl methyl sites for hydroxylation is 1. The lowest BCUT2D eigenvalue weighted by Gasteiger charge is -2.32. The summed E-state index contributed by atoms with van der Waals surface area (Å²) >= 11 is 0. The van der Waals surface area contributed by atoms with E-state index in [0.29, 0.717) is 12.0 Å². The van der Waals surface area contributed by atoms with Gasteiger partial charge in [-0.25, -0.2) is 0 Å². The lowest BCUT2D eigenvalue weighted by Crippen LogP contribution is -2.37. The Hall–Kier alpha value is -0.970. The fourth-order valence-corrected chi connectivity index (χ4v) is 3.04. The molecule has 3 heterocycles. The maximum absolute atomic E-state index is 6.06. The van der Waals surface area contributed by atoms with E-state index in [0.717, 1.165) is 58.7 Å². The van der Waals surface area contributed by atoms with Gasteiger partial charge in [-0.1, -0.05) is 6.07 Å². The van der Waals surface area contributed by atoms with Crippen LogP contribution in [-0.4, -0.2) is 48.9 Å². The topological polar surface area (TPSA) is 34.6 Å². The highest BCUT2D eigenvalue weighted by Crippen LogP contribution is 2.19. The average molecular weight is 290 g/mol. The summed E-state index contributed by atoms with van der Waals surface area (Å²) in [6.07, 6.45) is 5.83. The van der Waals surface area contributed by atoms with Gasteiger partial charge in [-0.05, 0) is 37.8 Å². The van der Waals surface area contributed by atoms with Crippen LogP contribution in [0.1, 0.15) is 30.5 Å². The van der Waals surface area contributed by atoms with Crippen LogP contribution < -0.4 is 0 Å². The van der Waals surface area contributed by atoms with Crippen LogP contribution in [0.25, 0.3) is 0 Å². The second-order valence-electron chi connectivity index (χ2n) is 6.37. The van der Waals surface area contributed by atoms with Crippen LogP contribution in [0.5, 0.6) is 0 Å². The molecule has 0 aromatic carbocycles. The summed E-state index contributed by atoms with van der Waals surface area (Å²) in [4.78, 5) is 6.98. The monoisotopic (exact) mass is 290 g/mol. The van der Waals surface area contributed by atoms with Crippen LogP contribution in [0.15, 0.2) is 18.3 Å². The minimum absolute atomic E-state index is 0.438. The summed E-state index contributed by atoms with van der Waals surface area (Å²) in [5.41, 5.74) is 2.39. The maximum Gasteiger partial charge on any atom is 0.0599 e. The van der Waals surface area contributed by atoms with E-state index in [-0.39, 0.29) is 0 Å². The molecule has 0 saturated carbocycles. The van der Waals surface area contributed by atoms with E-state index >= 15 is 0 Å². The molecule has 3 rings (SSSR count). The van der Waals surface area contributed by atoms with Crippen LogP contribution in [0.3, 0.4) is 0 Å². The zero-order valence-electron chi connectivity index (χ0n) is 13.0. The summed E-state index contributed by atoms with van der Waals surface area (Å²) in [6, 6.07) is 4.28. The molecule has 21 heavy (non-hydrogen) atoms. The minimum Gasteiger partial charge on any atom is -0.381 e. The maximum atomic E-state index is 6.06. The third-order valence-corrected chi connectivity index (χ3v) is 4.48. The van der Waals surface area contributed by atoms with Crippen molar-refractivity contribution in [2.45, 2.75) is 38.8 Å². The van der Waals surface area contributed by atoms with Gasteiger partial charge in [-0.15, -0.1) is 0 Å². The Labute approximate surface area is 127 Å². The molecule has 4 nitrogen and oxygen atoms in total. The van der Waals surface area contributed by atoms with Crippen molar-refractivity contribution in [3.05, 3.63) is 29.6 Å². The largest absolute Gasteiger partial charge is 0.381 e. The fraction of sp³-hybridized carbons (Fsp3) is 0.706. The van der Waals surface area contributed by atoms with Gasteiger partial charge in [0, 0.05) is 38.4 Å². The highest BCUT2D eigenvalue weighted by Gasteiger charge is 2.22.